The second-order valence-corrected chi connectivity index (χ2v) is 6.39. The number of ether oxygens (including phenoxy) is 1. The van der Waals surface area contributed by atoms with Crippen LogP contribution in [-0.2, 0) is 11.2 Å². The molecule has 3 heteroatoms. The van der Waals surface area contributed by atoms with Gasteiger partial charge in [0, 0.05) is 24.3 Å². The first kappa shape index (κ1) is 18.5. The molecule has 0 aliphatic carbocycles. The molecule has 0 bridgehead atoms. The van der Waals surface area contributed by atoms with Gasteiger partial charge in [0.15, 0.2) is 0 Å². The summed E-state index contributed by atoms with van der Waals surface area (Å²) in [5.41, 5.74) is 1.24. The van der Waals surface area contributed by atoms with Gasteiger partial charge >= 0.3 is 0 Å². The second-order valence-electron chi connectivity index (χ2n) is 5.98. The van der Waals surface area contributed by atoms with Crippen molar-refractivity contribution in [3.05, 3.63) is 34.9 Å². The van der Waals surface area contributed by atoms with Crippen molar-refractivity contribution in [2.75, 3.05) is 19.8 Å². The first-order chi connectivity index (χ1) is 10.1. The molecule has 1 rings (SSSR count). The Bertz CT molecular complexity index is 381. The van der Waals surface area contributed by atoms with Gasteiger partial charge < -0.3 is 10.1 Å². The number of halogens is 1. The van der Waals surface area contributed by atoms with Gasteiger partial charge in [-0.15, -0.1) is 0 Å². The Labute approximate surface area is 135 Å². The third-order valence-electron chi connectivity index (χ3n) is 3.59. The molecule has 21 heavy (non-hydrogen) atoms. The molecular formula is C18H30ClNO. The number of hydrogen-bond acceptors (Lipinski definition) is 2. The van der Waals surface area contributed by atoms with Crippen LogP contribution in [0.1, 0.15) is 45.6 Å². The maximum Gasteiger partial charge on any atom is 0.0469 e. The van der Waals surface area contributed by atoms with Crippen LogP contribution in [-0.4, -0.2) is 25.8 Å². The highest BCUT2D eigenvalue weighted by atomic mass is 35.5. The molecule has 0 saturated heterocycles. The fourth-order valence-electron chi connectivity index (χ4n) is 2.25. The Balaban J connectivity index is 2.45. The summed E-state index contributed by atoms with van der Waals surface area (Å²) in [6.45, 7) is 9.30. The van der Waals surface area contributed by atoms with E-state index in [1.807, 2.05) is 12.1 Å². The SMILES string of the molecule is CCCCOCCC(CNC(C)C)Cc1ccccc1Cl. The van der Waals surface area contributed by atoms with Crippen molar-refractivity contribution in [3.63, 3.8) is 0 Å². The standard InChI is InChI=1S/C18H30ClNO/c1-4-5-11-21-12-10-16(14-20-15(2)3)13-17-8-6-7-9-18(17)19/h6-9,15-16,20H,4-5,10-14H2,1-3H3. The van der Waals surface area contributed by atoms with Gasteiger partial charge in [0.25, 0.3) is 0 Å². The van der Waals surface area contributed by atoms with Crippen LogP contribution in [0.15, 0.2) is 24.3 Å². The van der Waals surface area contributed by atoms with E-state index in [0.29, 0.717) is 12.0 Å². The van der Waals surface area contributed by atoms with Gasteiger partial charge in [-0.05, 0) is 43.4 Å². The van der Waals surface area contributed by atoms with Crippen LogP contribution in [0, 0.1) is 5.92 Å². The average molecular weight is 312 g/mol. The van der Waals surface area contributed by atoms with Gasteiger partial charge in [-0.1, -0.05) is 57.0 Å². The minimum absolute atomic E-state index is 0.514. The van der Waals surface area contributed by atoms with Crippen molar-refractivity contribution in [2.45, 2.75) is 52.5 Å². The van der Waals surface area contributed by atoms with E-state index >= 15 is 0 Å². The van der Waals surface area contributed by atoms with E-state index < -0.39 is 0 Å². The van der Waals surface area contributed by atoms with Gasteiger partial charge in [0.05, 0.1) is 0 Å². The third-order valence-corrected chi connectivity index (χ3v) is 3.96. The second kappa shape index (κ2) is 11.1. The van der Waals surface area contributed by atoms with Crippen molar-refractivity contribution in [1.29, 1.82) is 0 Å². The van der Waals surface area contributed by atoms with E-state index in [2.05, 4.69) is 38.2 Å². The number of benzene rings is 1. The molecule has 2 nitrogen and oxygen atoms in total. The van der Waals surface area contributed by atoms with Crippen molar-refractivity contribution in [3.8, 4) is 0 Å². The Morgan fingerprint density at radius 3 is 2.62 bits per heavy atom. The molecule has 0 radical (unpaired) electrons. The molecular weight excluding hydrogens is 282 g/mol. The topological polar surface area (TPSA) is 21.3 Å². The van der Waals surface area contributed by atoms with Crippen molar-refractivity contribution < 1.29 is 4.74 Å². The summed E-state index contributed by atoms with van der Waals surface area (Å²) in [6.07, 6.45) is 4.43. The molecule has 120 valence electrons. The predicted molar refractivity (Wildman–Crippen MR) is 92.1 cm³/mol. The van der Waals surface area contributed by atoms with Gasteiger partial charge in [-0.25, -0.2) is 0 Å². The zero-order valence-electron chi connectivity index (χ0n) is 13.7. The van der Waals surface area contributed by atoms with E-state index in [1.54, 1.807) is 0 Å². The highest BCUT2D eigenvalue weighted by molar-refractivity contribution is 6.31. The molecule has 1 aromatic carbocycles. The maximum absolute atomic E-state index is 6.28. The lowest BCUT2D eigenvalue weighted by molar-refractivity contribution is 0.116. The highest BCUT2D eigenvalue weighted by Gasteiger charge is 2.12. The maximum atomic E-state index is 6.28. The van der Waals surface area contributed by atoms with Gasteiger partial charge in [0.2, 0.25) is 0 Å². The predicted octanol–water partition coefficient (Wildman–Crippen LogP) is 4.70. The van der Waals surface area contributed by atoms with E-state index in [1.165, 1.54) is 12.0 Å². The molecule has 0 aliphatic heterocycles. The highest BCUT2D eigenvalue weighted by Crippen LogP contribution is 2.20. The molecule has 0 aliphatic rings. The monoisotopic (exact) mass is 311 g/mol. The summed E-state index contributed by atoms with van der Waals surface area (Å²) in [5.74, 6) is 0.564. The van der Waals surface area contributed by atoms with Crippen LogP contribution in [0.2, 0.25) is 5.02 Å². The lowest BCUT2D eigenvalue weighted by atomic mass is 9.96. The Morgan fingerprint density at radius 2 is 1.95 bits per heavy atom. The summed E-state index contributed by atoms with van der Waals surface area (Å²) >= 11 is 6.28. The minimum atomic E-state index is 0.514. The number of hydrogen-bond donors (Lipinski definition) is 1. The van der Waals surface area contributed by atoms with Crippen molar-refractivity contribution >= 4 is 11.6 Å². The summed E-state index contributed by atoms with van der Waals surface area (Å²) in [4.78, 5) is 0. The molecule has 1 aromatic rings. The molecule has 0 heterocycles. The first-order valence-corrected chi connectivity index (χ1v) is 8.55. The normalized spacial score (nSPS) is 12.8. The van der Waals surface area contributed by atoms with E-state index in [9.17, 15) is 0 Å². The number of unbranched alkanes of at least 4 members (excludes halogenated alkanes) is 1. The lowest BCUT2D eigenvalue weighted by Crippen LogP contribution is -2.30. The molecule has 0 aromatic heterocycles. The third kappa shape index (κ3) is 8.45. The Morgan fingerprint density at radius 1 is 1.19 bits per heavy atom. The molecule has 1 atom stereocenters. The molecule has 0 amide bonds. The largest absolute Gasteiger partial charge is 0.381 e. The van der Waals surface area contributed by atoms with Crippen LogP contribution in [0.3, 0.4) is 0 Å². The minimum Gasteiger partial charge on any atom is -0.381 e. The fraction of sp³-hybridized carbons (Fsp3) is 0.667. The molecule has 1 N–H and O–H groups in total. The summed E-state index contributed by atoms with van der Waals surface area (Å²) in [6, 6.07) is 8.66. The zero-order chi connectivity index (χ0) is 15.5. The van der Waals surface area contributed by atoms with Crippen LogP contribution in [0.4, 0.5) is 0 Å². The Hall–Kier alpha value is -0.570. The van der Waals surface area contributed by atoms with Crippen LogP contribution in [0.5, 0.6) is 0 Å². The van der Waals surface area contributed by atoms with Crippen molar-refractivity contribution in [1.82, 2.24) is 5.32 Å². The summed E-state index contributed by atoms with van der Waals surface area (Å²) < 4.78 is 5.72. The van der Waals surface area contributed by atoms with Gasteiger partial charge in [0.1, 0.15) is 0 Å². The number of rotatable bonds is 11. The van der Waals surface area contributed by atoms with E-state index in [-0.39, 0.29) is 0 Å². The van der Waals surface area contributed by atoms with Crippen LogP contribution >= 0.6 is 11.6 Å². The number of nitrogens with one attached hydrogen (secondary N) is 1. The fourth-order valence-corrected chi connectivity index (χ4v) is 2.46. The summed E-state index contributed by atoms with van der Waals surface area (Å²) in [5, 5.41) is 4.41. The zero-order valence-corrected chi connectivity index (χ0v) is 14.5. The smallest absolute Gasteiger partial charge is 0.0469 e. The average Bonchev–Trinajstić information content (AvgIpc) is 2.46. The quantitative estimate of drug-likeness (QED) is 0.598. The van der Waals surface area contributed by atoms with Crippen LogP contribution < -0.4 is 5.32 Å². The summed E-state index contributed by atoms with van der Waals surface area (Å²) in [7, 11) is 0. The van der Waals surface area contributed by atoms with Gasteiger partial charge in [-0.2, -0.15) is 0 Å². The van der Waals surface area contributed by atoms with E-state index in [0.717, 1.165) is 44.0 Å². The lowest BCUT2D eigenvalue weighted by Gasteiger charge is -2.20. The molecule has 0 saturated carbocycles. The molecule has 0 fully saturated rings. The van der Waals surface area contributed by atoms with E-state index in [4.69, 9.17) is 16.3 Å². The van der Waals surface area contributed by atoms with Gasteiger partial charge in [-0.3, -0.25) is 0 Å². The van der Waals surface area contributed by atoms with Crippen molar-refractivity contribution in [2.24, 2.45) is 5.92 Å². The molecule has 0 spiro atoms. The Kier molecular flexibility index (Phi) is 9.73. The molecule has 1 unspecified atom stereocenters. The first-order valence-electron chi connectivity index (χ1n) is 8.18. The van der Waals surface area contributed by atoms with Crippen LogP contribution in [0.25, 0.3) is 0 Å².